The van der Waals surface area contributed by atoms with Gasteiger partial charge >= 0.3 is 5.69 Å². The second-order valence-electron chi connectivity index (χ2n) is 6.87. The molecule has 8 heteroatoms. The van der Waals surface area contributed by atoms with Crippen LogP contribution in [0.5, 0.6) is 0 Å². The fraction of sp³-hybridized carbons (Fsp3) is 0.286. The molecule has 3 heterocycles. The number of nitrogens with one attached hydrogen (secondary N) is 1. The first-order valence-electron chi connectivity index (χ1n) is 9.78. The third kappa shape index (κ3) is 3.73. The summed E-state index contributed by atoms with van der Waals surface area (Å²) in [7, 11) is 0. The van der Waals surface area contributed by atoms with Crippen LogP contribution in [0.25, 0.3) is 22.6 Å². The van der Waals surface area contributed by atoms with Crippen molar-refractivity contribution in [1.82, 2.24) is 34.7 Å². The largest absolute Gasteiger partial charge is 0.328 e. The summed E-state index contributed by atoms with van der Waals surface area (Å²) < 4.78 is 3.60. The number of imidazole rings is 1. The molecule has 148 valence electrons. The van der Waals surface area contributed by atoms with E-state index in [1.54, 1.807) is 4.57 Å². The van der Waals surface area contributed by atoms with E-state index in [1.807, 2.05) is 60.3 Å². The number of hydrogen-bond acceptors (Lipinski definition) is 5. The molecule has 1 N–H and O–H groups in total. The van der Waals surface area contributed by atoms with E-state index >= 15 is 0 Å². The number of H-pyrrole nitrogens is 1. The molecule has 0 amide bonds. The summed E-state index contributed by atoms with van der Waals surface area (Å²) in [6, 6.07) is 11.8. The molecule has 4 aromatic rings. The van der Waals surface area contributed by atoms with Gasteiger partial charge in [0.05, 0.1) is 12.2 Å². The van der Waals surface area contributed by atoms with Crippen LogP contribution in [0.1, 0.15) is 31.5 Å². The number of tetrazole rings is 1. The van der Waals surface area contributed by atoms with Crippen molar-refractivity contribution in [2.75, 3.05) is 0 Å². The Kier molecular flexibility index (Phi) is 5.33. The van der Waals surface area contributed by atoms with Crippen LogP contribution >= 0.6 is 0 Å². The second-order valence-corrected chi connectivity index (χ2v) is 6.87. The molecular formula is C21H23N7O. The molecule has 0 aliphatic heterocycles. The number of aryl methyl sites for hydroxylation is 2. The normalized spacial score (nSPS) is 11.1. The average Bonchev–Trinajstić information content (AvgIpc) is 3.39. The Hall–Kier alpha value is -3.55. The van der Waals surface area contributed by atoms with Crippen molar-refractivity contribution in [2.24, 2.45) is 0 Å². The van der Waals surface area contributed by atoms with Crippen molar-refractivity contribution in [1.29, 1.82) is 0 Å². The highest BCUT2D eigenvalue weighted by atomic mass is 16.1. The van der Waals surface area contributed by atoms with Gasteiger partial charge in [0.15, 0.2) is 5.82 Å². The van der Waals surface area contributed by atoms with Crippen LogP contribution in [0.2, 0.25) is 0 Å². The molecule has 0 saturated heterocycles. The van der Waals surface area contributed by atoms with Gasteiger partial charge in [0.2, 0.25) is 0 Å². The maximum absolute atomic E-state index is 12.6. The Morgan fingerprint density at radius 2 is 1.90 bits per heavy atom. The first-order chi connectivity index (χ1) is 14.2. The van der Waals surface area contributed by atoms with Crippen molar-refractivity contribution in [3.63, 3.8) is 0 Å². The third-order valence-electron chi connectivity index (χ3n) is 4.94. The fourth-order valence-corrected chi connectivity index (χ4v) is 3.48. The summed E-state index contributed by atoms with van der Waals surface area (Å²) >= 11 is 0. The van der Waals surface area contributed by atoms with Crippen LogP contribution in [-0.2, 0) is 19.5 Å². The zero-order valence-corrected chi connectivity index (χ0v) is 16.5. The maximum atomic E-state index is 12.6. The van der Waals surface area contributed by atoms with E-state index in [0.717, 1.165) is 40.9 Å². The summed E-state index contributed by atoms with van der Waals surface area (Å²) in [5.74, 6) is 0.600. The number of aromatic amines is 1. The molecule has 4 rings (SSSR count). The molecule has 0 spiro atoms. The lowest BCUT2D eigenvalue weighted by Gasteiger charge is -2.09. The van der Waals surface area contributed by atoms with Gasteiger partial charge in [-0.3, -0.25) is 14.1 Å². The highest BCUT2D eigenvalue weighted by molar-refractivity contribution is 5.78. The molecule has 0 unspecified atom stereocenters. The summed E-state index contributed by atoms with van der Waals surface area (Å²) in [6.07, 6.45) is 5.68. The van der Waals surface area contributed by atoms with Crippen LogP contribution in [-0.4, -0.2) is 34.7 Å². The monoisotopic (exact) mass is 389 g/mol. The molecule has 0 aliphatic rings. The molecule has 0 radical (unpaired) electrons. The maximum Gasteiger partial charge on any atom is 0.328 e. The van der Waals surface area contributed by atoms with Gasteiger partial charge < -0.3 is 0 Å². The van der Waals surface area contributed by atoms with Crippen molar-refractivity contribution in [3.05, 3.63) is 70.5 Å². The van der Waals surface area contributed by atoms with Crippen LogP contribution in [0, 0.1) is 0 Å². The first kappa shape index (κ1) is 18.8. The summed E-state index contributed by atoms with van der Waals surface area (Å²) in [5.41, 5.74) is 4.74. The first-order valence-corrected chi connectivity index (χ1v) is 9.78. The number of aromatic nitrogens is 7. The highest BCUT2D eigenvalue weighted by Crippen LogP contribution is 2.28. The van der Waals surface area contributed by atoms with Gasteiger partial charge in [0.1, 0.15) is 0 Å². The molecule has 0 atom stereocenters. The minimum Gasteiger partial charge on any atom is -0.299 e. The quantitative estimate of drug-likeness (QED) is 0.524. The number of pyridine rings is 1. The molecule has 0 aliphatic carbocycles. The predicted molar refractivity (Wildman–Crippen MR) is 110 cm³/mol. The Morgan fingerprint density at radius 3 is 2.55 bits per heavy atom. The van der Waals surface area contributed by atoms with E-state index in [9.17, 15) is 4.79 Å². The molecule has 29 heavy (non-hydrogen) atoms. The Labute approximate surface area is 168 Å². The Bertz CT molecular complexity index is 1140. The van der Waals surface area contributed by atoms with E-state index in [0.29, 0.717) is 18.9 Å². The van der Waals surface area contributed by atoms with Crippen molar-refractivity contribution >= 4 is 0 Å². The van der Waals surface area contributed by atoms with E-state index in [1.165, 1.54) is 0 Å². The van der Waals surface area contributed by atoms with Crippen molar-refractivity contribution in [2.45, 2.75) is 39.8 Å². The highest BCUT2D eigenvalue weighted by Gasteiger charge is 2.13. The molecule has 0 bridgehead atoms. The molecular weight excluding hydrogens is 366 g/mol. The van der Waals surface area contributed by atoms with E-state index < -0.39 is 0 Å². The van der Waals surface area contributed by atoms with Gasteiger partial charge in [-0.2, -0.15) is 0 Å². The zero-order chi connectivity index (χ0) is 20.2. The van der Waals surface area contributed by atoms with Gasteiger partial charge in [-0.25, -0.2) is 9.89 Å². The molecule has 1 aromatic carbocycles. The lowest BCUT2D eigenvalue weighted by atomic mass is 10.0. The Balaban J connectivity index is 1.64. The minimum absolute atomic E-state index is 0.0307. The van der Waals surface area contributed by atoms with Gasteiger partial charge in [-0.05, 0) is 35.4 Å². The number of rotatable bonds is 7. The van der Waals surface area contributed by atoms with E-state index in [2.05, 4.69) is 32.5 Å². The van der Waals surface area contributed by atoms with Crippen molar-refractivity contribution < 1.29 is 0 Å². The smallest absolute Gasteiger partial charge is 0.299 e. The van der Waals surface area contributed by atoms with Crippen molar-refractivity contribution in [3.8, 4) is 22.6 Å². The molecule has 8 nitrogen and oxygen atoms in total. The fourth-order valence-electron chi connectivity index (χ4n) is 3.48. The van der Waals surface area contributed by atoms with Crippen LogP contribution < -0.4 is 5.69 Å². The van der Waals surface area contributed by atoms with Crippen LogP contribution in [0.15, 0.2) is 53.6 Å². The average molecular weight is 389 g/mol. The minimum atomic E-state index is 0.0307. The predicted octanol–water partition coefficient (Wildman–Crippen LogP) is 2.91. The Morgan fingerprint density at radius 1 is 1.07 bits per heavy atom. The van der Waals surface area contributed by atoms with Gasteiger partial charge in [0.25, 0.3) is 0 Å². The zero-order valence-electron chi connectivity index (χ0n) is 16.5. The standard InChI is InChI=1S/C21H23N7O/c1-3-7-16-14-27(4-2)21(29)28(16)13-15-10-11-19(22-12-15)17-8-5-6-9-18(17)20-23-25-26-24-20/h5-6,8-12,14H,3-4,7,13H2,1-2H3,(H,23,24,25,26). The number of nitrogens with zero attached hydrogens (tertiary/aromatic N) is 6. The number of benzene rings is 1. The summed E-state index contributed by atoms with van der Waals surface area (Å²) in [5, 5.41) is 14.1. The van der Waals surface area contributed by atoms with Gasteiger partial charge in [0, 0.05) is 35.8 Å². The van der Waals surface area contributed by atoms with Crippen LogP contribution in [0.4, 0.5) is 0 Å². The van der Waals surface area contributed by atoms with Crippen LogP contribution in [0.3, 0.4) is 0 Å². The molecule has 0 saturated carbocycles. The SMILES string of the molecule is CCCc1cn(CC)c(=O)n1Cc1ccc(-c2ccccc2-c2nnn[nH]2)nc1. The third-order valence-corrected chi connectivity index (χ3v) is 4.94. The summed E-state index contributed by atoms with van der Waals surface area (Å²) in [4.78, 5) is 17.3. The van der Waals surface area contributed by atoms with Gasteiger partial charge in [-0.15, -0.1) is 5.10 Å². The topological polar surface area (TPSA) is 94.3 Å². The van der Waals surface area contributed by atoms with Gasteiger partial charge in [-0.1, -0.05) is 43.7 Å². The number of hydrogen-bond donors (Lipinski definition) is 1. The molecule has 3 aromatic heterocycles. The lowest BCUT2D eigenvalue weighted by molar-refractivity contribution is 0.652. The second kappa shape index (κ2) is 8.22. The van der Waals surface area contributed by atoms with E-state index in [-0.39, 0.29) is 5.69 Å². The lowest BCUT2D eigenvalue weighted by Crippen LogP contribution is -2.25. The summed E-state index contributed by atoms with van der Waals surface area (Å²) in [6.45, 7) is 5.30. The van der Waals surface area contributed by atoms with E-state index in [4.69, 9.17) is 0 Å². The molecule has 0 fully saturated rings.